The van der Waals surface area contributed by atoms with Crippen molar-refractivity contribution >= 4 is 16.1 Å². The molecule has 5 nitrogen and oxygen atoms in total. The average Bonchev–Trinajstić information content (AvgIpc) is 2.65. The Kier molecular flexibility index (Phi) is 4.54. The molecule has 0 radical (unpaired) electrons. The highest BCUT2D eigenvalue weighted by molar-refractivity contribution is 8.45. The van der Waals surface area contributed by atoms with E-state index in [1.807, 2.05) is 0 Å². The van der Waals surface area contributed by atoms with Gasteiger partial charge in [0.1, 0.15) is 16.4 Å². The van der Waals surface area contributed by atoms with E-state index in [0.717, 1.165) is 18.2 Å². The molecule has 0 saturated heterocycles. The third-order valence-corrected chi connectivity index (χ3v) is 5.01. The van der Waals surface area contributed by atoms with Gasteiger partial charge < -0.3 is 10.3 Å². The molecule has 2 aromatic carbocycles. The van der Waals surface area contributed by atoms with Crippen LogP contribution >= 0.6 is 10.2 Å². The maximum atomic E-state index is 12.7. The summed E-state index contributed by atoms with van der Waals surface area (Å²) in [5.41, 5.74) is -0.0247. The molecule has 2 N–H and O–H groups in total. The molecule has 29 heavy (non-hydrogen) atoms. The monoisotopic (exact) mass is 431 g/mol. The molecule has 11 heteroatoms. The van der Waals surface area contributed by atoms with Gasteiger partial charge in [-0.2, -0.15) is 0 Å². The molecule has 3 rings (SSSR count). The van der Waals surface area contributed by atoms with Crippen molar-refractivity contribution in [2.75, 3.05) is 0 Å². The Hall–Kier alpha value is -3.21. The zero-order chi connectivity index (χ0) is 21.3. The molecule has 0 aliphatic carbocycles. The molecular weight excluding hydrogens is 417 g/mol. The number of carbonyl (C=O) groups is 1. The molecule has 0 aliphatic heterocycles. The van der Waals surface area contributed by atoms with Crippen LogP contribution in [0.2, 0.25) is 0 Å². The minimum absolute atomic E-state index is 0.164. The maximum Gasteiger partial charge on any atom is 0.310 e. The lowest BCUT2D eigenvalue weighted by Crippen LogP contribution is -2.26. The molecule has 1 heterocycles. The Balaban J connectivity index is 1.75. The molecule has 0 saturated carbocycles. The lowest BCUT2D eigenvalue weighted by atomic mass is 10.2. The molecule has 0 unspecified atom stereocenters. The van der Waals surface area contributed by atoms with Crippen molar-refractivity contribution in [2.45, 2.75) is 11.4 Å². The second-order valence-electron chi connectivity index (χ2n) is 6.14. The lowest BCUT2D eigenvalue weighted by Gasteiger charge is -2.40. The van der Waals surface area contributed by atoms with Gasteiger partial charge in [-0.15, -0.1) is 0 Å². The normalized spacial score (nSPS) is 14.0. The van der Waals surface area contributed by atoms with E-state index in [-0.39, 0.29) is 35.8 Å². The molecule has 0 aliphatic rings. The largest absolute Gasteiger partial charge is 0.347 e. The van der Waals surface area contributed by atoms with E-state index >= 15 is 0 Å². The minimum Gasteiger partial charge on any atom is -0.347 e. The number of carbonyl (C=O) groups excluding carboxylic acids is 1. The standard InChI is InChI=1S/C18H14F5N3O2S/c19-29(20,21,22,23)14-8-6-12(7-9-14)11-24-18(28)15-10-16(27)26-17(25-15)13-4-2-1-3-5-13/h1-10H,11H2,(H,24,28)(H,25,26,27). The van der Waals surface area contributed by atoms with Gasteiger partial charge in [-0.25, -0.2) is 4.98 Å². The number of aromatic amines is 1. The molecule has 0 spiro atoms. The molecule has 0 atom stereocenters. The first-order valence-electron chi connectivity index (χ1n) is 8.10. The van der Waals surface area contributed by atoms with Crippen molar-refractivity contribution in [3.63, 3.8) is 0 Å². The summed E-state index contributed by atoms with van der Waals surface area (Å²) in [5.74, 6) is -0.575. The molecule has 1 amide bonds. The Labute approximate surface area is 161 Å². The number of benzene rings is 2. The number of hydrogen-bond acceptors (Lipinski definition) is 3. The van der Waals surface area contributed by atoms with E-state index in [2.05, 4.69) is 15.3 Å². The van der Waals surface area contributed by atoms with Crippen LogP contribution in [-0.2, 0) is 6.54 Å². The Morgan fingerprint density at radius 1 is 0.966 bits per heavy atom. The van der Waals surface area contributed by atoms with Crippen LogP contribution in [0.3, 0.4) is 0 Å². The summed E-state index contributed by atoms with van der Waals surface area (Å²) in [6.07, 6.45) is 0. The average molecular weight is 431 g/mol. The Morgan fingerprint density at radius 2 is 1.59 bits per heavy atom. The molecule has 0 fully saturated rings. The van der Waals surface area contributed by atoms with E-state index in [1.165, 1.54) is 0 Å². The third kappa shape index (κ3) is 5.19. The van der Waals surface area contributed by atoms with Gasteiger partial charge in [-0.3, -0.25) is 9.59 Å². The van der Waals surface area contributed by atoms with Gasteiger partial charge in [0.2, 0.25) is 0 Å². The first-order chi connectivity index (χ1) is 13.3. The number of rotatable bonds is 5. The molecular formula is C18H14F5N3O2S. The number of nitrogens with one attached hydrogen (secondary N) is 2. The highest BCUT2D eigenvalue weighted by Crippen LogP contribution is 3.02. The van der Waals surface area contributed by atoms with Crippen LogP contribution in [0.15, 0.2) is 70.4 Å². The van der Waals surface area contributed by atoms with Crippen molar-refractivity contribution in [1.82, 2.24) is 15.3 Å². The van der Waals surface area contributed by atoms with Crippen molar-refractivity contribution in [1.29, 1.82) is 0 Å². The summed E-state index contributed by atoms with van der Waals surface area (Å²) in [6.45, 7) is -0.241. The van der Waals surface area contributed by atoms with E-state index in [1.54, 1.807) is 30.3 Å². The first kappa shape index (κ1) is 20.5. The van der Waals surface area contributed by atoms with Gasteiger partial charge in [0.25, 0.3) is 11.5 Å². The highest BCUT2D eigenvalue weighted by atomic mass is 32.5. The summed E-state index contributed by atoms with van der Waals surface area (Å²) in [7, 11) is -9.74. The summed E-state index contributed by atoms with van der Waals surface area (Å²) in [4.78, 5) is 28.6. The zero-order valence-electron chi connectivity index (χ0n) is 14.5. The number of H-pyrrole nitrogens is 1. The predicted octanol–water partition coefficient (Wildman–Crippen LogP) is 5.02. The van der Waals surface area contributed by atoms with Crippen molar-refractivity contribution in [2.24, 2.45) is 0 Å². The van der Waals surface area contributed by atoms with Gasteiger partial charge in [0.15, 0.2) is 0 Å². The summed E-state index contributed by atoms with van der Waals surface area (Å²) in [5, 5.41) is 2.39. The van der Waals surface area contributed by atoms with E-state index < -0.39 is 26.6 Å². The zero-order valence-corrected chi connectivity index (χ0v) is 15.4. The minimum atomic E-state index is -9.74. The highest BCUT2D eigenvalue weighted by Gasteiger charge is 2.65. The third-order valence-electron chi connectivity index (χ3n) is 3.84. The van der Waals surface area contributed by atoms with Crippen LogP contribution in [0.4, 0.5) is 19.4 Å². The van der Waals surface area contributed by atoms with Crippen molar-refractivity contribution < 1.29 is 24.2 Å². The quantitative estimate of drug-likeness (QED) is 0.557. The van der Waals surface area contributed by atoms with Gasteiger partial charge in [-0.1, -0.05) is 61.9 Å². The number of halogens is 5. The molecule has 3 aromatic rings. The Bertz CT molecular complexity index is 1120. The first-order valence-corrected chi connectivity index (χ1v) is 10.0. The predicted molar refractivity (Wildman–Crippen MR) is 99.3 cm³/mol. The van der Waals surface area contributed by atoms with Crippen LogP contribution in [0, 0.1) is 0 Å². The van der Waals surface area contributed by atoms with E-state index in [4.69, 9.17) is 0 Å². The van der Waals surface area contributed by atoms with Crippen LogP contribution in [0.25, 0.3) is 11.4 Å². The summed E-state index contributed by atoms with van der Waals surface area (Å²) in [6, 6.07) is 11.8. The molecule has 154 valence electrons. The van der Waals surface area contributed by atoms with Gasteiger partial charge >= 0.3 is 10.2 Å². The van der Waals surface area contributed by atoms with Gasteiger partial charge in [0.05, 0.1) is 0 Å². The van der Waals surface area contributed by atoms with Gasteiger partial charge in [-0.05, 0) is 17.7 Å². The van der Waals surface area contributed by atoms with E-state index in [0.29, 0.717) is 5.56 Å². The fraction of sp³-hybridized carbons (Fsp3) is 0.0556. The smallest absolute Gasteiger partial charge is 0.310 e. The number of amides is 1. The van der Waals surface area contributed by atoms with Crippen LogP contribution in [0.5, 0.6) is 0 Å². The number of aromatic nitrogens is 2. The SMILES string of the molecule is O=C(NCc1ccc(S(F)(F)(F)(F)F)cc1)c1cc(=O)[nH]c(-c2ccccc2)n1. The lowest BCUT2D eigenvalue weighted by molar-refractivity contribution is 0.0945. The Morgan fingerprint density at radius 3 is 2.17 bits per heavy atom. The number of nitrogens with zero attached hydrogens (tertiary/aromatic N) is 1. The second-order valence-corrected chi connectivity index (χ2v) is 8.55. The molecule has 1 aromatic heterocycles. The summed E-state index contributed by atoms with van der Waals surface area (Å²) >= 11 is 0. The summed E-state index contributed by atoms with van der Waals surface area (Å²) < 4.78 is 63.6. The fourth-order valence-electron chi connectivity index (χ4n) is 2.44. The molecule has 0 bridgehead atoms. The number of hydrogen-bond donors (Lipinski definition) is 2. The van der Waals surface area contributed by atoms with Crippen LogP contribution < -0.4 is 10.9 Å². The maximum absolute atomic E-state index is 12.7. The van der Waals surface area contributed by atoms with Crippen LogP contribution in [0.1, 0.15) is 16.1 Å². The van der Waals surface area contributed by atoms with Gasteiger partial charge in [0, 0.05) is 18.2 Å². The van der Waals surface area contributed by atoms with Crippen molar-refractivity contribution in [3.05, 3.63) is 82.3 Å². The second kappa shape index (κ2) is 6.41. The van der Waals surface area contributed by atoms with E-state index in [9.17, 15) is 29.0 Å². The van der Waals surface area contributed by atoms with Crippen LogP contribution in [-0.4, -0.2) is 15.9 Å². The fourth-order valence-corrected chi connectivity index (χ4v) is 3.09. The topological polar surface area (TPSA) is 74.8 Å². The van der Waals surface area contributed by atoms with Crippen molar-refractivity contribution in [3.8, 4) is 11.4 Å².